The third-order valence-corrected chi connectivity index (χ3v) is 4.13. The molecule has 0 spiro atoms. The van der Waals surface area contributed by atoms with Crippen LogP contribution in [-0.4, -0.2) is 47.8 Å². The van der Waals surface area contributed by atoms with E-state index in [1.54, 1.807) is 16.2 Å². The molecular formula is C13H18N2O4S. The first-order valence-electron chi connectivity index (χ1n) is 6.44. The van der Waals surface area contributed by atoms with Gasteiger partial charge in [0.05, 0.1) is 19.1 Å². The molecule has 2 N–H and O–H groups in total. The van der Waals surface area contributed by atoms with Crippen LogP contribution in [0.5, 0.6) is 0 Å². The van der Waals surface area contributed by atoms with E-state index in [1.165, 1.54) is 5.56 Å². The molecule has 0 bridgehead atoms. The van der Waals surface area contributed by atoms with Gasteiger partial charge in [-0.1, -0.05) is 0 Å². The first kappa shape index (κ1) is 14.8. The summed E-state index contributed by atoms with van der Waals surface area (Å²) in [7, 11) is 0. The van der Waals surface area contributed by atoms with Crippen LogP contribution >= 0.6 is 11.3 Å². The topological polar surface area (TPSA) is 78.9 Å². The normalized spacial score (nSPS) is 18.9. The number of hydrogen-bond donors (Lipinski definition) is 2. The van der Waals surface area contributed by atoms with Gasteiger partial charge in [-0.3, -0.25) is 4.79 Å². The summed E-state index contributed by atoms with van der Waals surface area (Å²) in [5, 5.41) is 15.7. The number of rotatable bonds is 4. The minimum absolute atomic E-state index is 0.0760. The molecule has 0 radical (unpaired) electrons. The molecule has 0 saturated carbocycles. The highest BCUT2D eigenvalue weighted by Gasteiger charge is 2.25. The standard InChI is InChI=1S/C13H18N2O4S/c1-9-7-20-8-10(9)5-14-13(18)15-2-3-19-11(6-15)4-12(16)17/h7-8,11H,2-6H2,1H3,(H,14,18)(H,16,17). The van der Waals surface area contributed by atoms with Crippen LogP contribution in [0, 0.1) is 6.92 Å². The lowest BCUT2D eigenvalue weighted by Crippen LogP contribution is -2.49. The molecule has 1 aromatic rings. The van der Waals surface area contributed by atoms with Crippen molar-refractivity contribution >= 4 is 23.3 Å². The fourth-order valence-electron chi connectivity index (χ4n) is 2.07. The summed E-state index contributed by atoms with van der Waals surface area (Å²) in [6.45, 7) is 3.69. The maximum Gasteiger partial charge on any atom is 0.317 e. The lowest BCUT2D eigenvalue weighted by atomic mass is 10.2. The zero-order chi connectivity index (χ0) is 14.5. The van der Waals surface area contributed by atoms with Gasteiger partial charge in [-0.2, -0.15) is 11.3 Å². The molecule has 1 atom stereocenters. The Morgan fingerprint density at radius 1 is 1.55 bits per heavy atom. The summed E-state index contributed by atoms with van der Waals surface area (Å²) in [5.74, 6) is -0.911. The van der Waals surface area contributed by atoms with E-state index in [4.69, 9.17) is 9.84 Å². The number of carboxylic acids is 1. The number of amides is 2. The number of carbonyl (C=O) groups excluding carboxylic acids is 1. The molecule has 1 unspecified atom stereocenters. The largest absolute Gasteiger partial charge is 0.481 e. The first-order valence-corrected chi connectivity index (χ1v) is 7.38. The fraction of sp³-hybridized carbons (Fsp3) is 0.538. The SMILES string of the molecule is Cc1cscc1CNC(=O)N1CCOC(CC(=O)O)C1. The van der Waals surface area contributed by atoms with Gasteiger partial charge in [0.1, 0.15) is 0 Å². The predicted octanol–water partition coefficient (Wildman–Crippen LogP) is 1.44. The number of urea groups is 1. The Bertz CT molecular complexity index is 488. The average molecular weight is 298 g/mol. The van der Waals surface area contributed by atoms with Crippen LogP contribution in [0.25, 0.3) is 0 Å². The van der Waals surface area contributed by atoms with E-state index in [2.05, 4.69) is 5.32 Å². The highest BCUT2D eigenvalue weighted by atomic mass is 32.1. The second-order valence-electron chi connectivity index (χ2n) is 4.78. The van der Waals surface area contributed by atoms with Crippen LogP contribution in [0.3, 0.4) is 0 Å². The predicted molar refractivity (Wildman–Crippen MR) is 74.9 cm³/mol. The molecule has 1 aliphatic heterocycles. The smallest absolute Gasteiger partial charge is 0.317 e. The lowest BCUT2D eigenvalue weighted by Gasteiger charge is -2.32. The van der Waals surface area contributed by atoms with Crippen molar-refractivity contribution in [3.8, 4) is 0 Å². The third-order valence-electron chi connectivity index (χ3n) is 3.22. The molecule has 110 valence electrons. The molecule has 2 amide bonds. The van der Waals surface area contributed by atoms with Crippen molar-refractivity contribution < 1.29 is 19.4 Å². The molecular weight excluding hydrogens is 280 g/mol. The Hall–Kier alpha value is -1.60. The zero-order valence-corrected chi connectivity index (χ0v) is 12.1. The van der Waals surface area contributed by atoms with E-state index in [0.717, 1.165) is 5.56 Å². The van der Waals surface area contributed by atoms with Crippen molar-refractivity contribution in [2.45, 2.75) is 26.0 Å². The molecule has 2 rings (SSSR count). The van der Waals surface area contributed by atoms with E-state index in [-0.39, 0.29) is 12.5 Å². The van der Waals surface area contributed by atoms with E-state index in [1.807, 2.05) is 17.7 Å². The van der Waals surface area contributed by atoms with Gasteiger partial charge in [0, 0.05) is 19.6 Å². The number of carboxylic acid groups (broad SMARTS) is 1. The van der Waals surface area contributed by atoms with Crippen molar-refractivity contribution in [1.29, 1.82) is 0 Å². The van der Waals surface area contributed by atoms with Gasteiger partial charge in [0.15, 0.2) is 0 Å². The van der Waals surface area contributed by atoms with Crippen LogP contribution < -0.4 is 5.32 Å². The summed E-state index contributed by atoms with van der Waals surface area (Å²) >= 11 is 1.61. The van der Waals surface area contributed by atoms with Crippen LogP contribution in [0.2, 0.25) is 0 Å². The number of thiophene rings is 1. The minimum Gasteiger partial charge on any atom is -0.481 e. The molecule has 1 saturated heterocycles. The van der Waals surface area contributed by atoms with E-state index in [9.17, 15) is 9.59 Å². The quantitative estimate of drug-likeness (QED) is 0.881. The molecule has 6 nitrogen and oxygen atoms in total. The van der Waals surface area contributed by atoms with Crippen LogP contribution in [0.1, 0.15) is 17.5 Å². The number of nitrogens with zero attached hydrogens (tertiary/aromatic N) is 1. The summed E-state index contributed by atoms with van der Waals surface area (Å²) in [5.41, 5.74) is 2.28. The Labute approximate surface area is 121 Å². The third kappa shape index (κ3) is 3.94. The molecule has 1 fully saturated rings. The fourth-order valence-corrected chi connectivity index (χ4v) is 2.93. The van der Waals surface area contributed by atoms with Gasteiger partial charge in [-0.15, -0.1) is 0 Å². The van der Waals surface area contributed by atoms with E-state index < -0.39 is 12.1 Å². The summed E-state index contributed by atoms with van der Waals surface area (Å²) in [4.78, 5) is 24.3. The van der Waals surface area contributed by atoms with E-state index >= 15 is 0 Å². The number of hydrogen-bond acceptors (Lipinski definition) is 4. The van der Waals surface area contributed by atoms with Gasteiger partial charge in [-0.05, 0) is 28.8 Å². The number of ether oxygens (including phenoxy) is 1. The Balaban J connectivity index is 1.82. The number of aliphatic carboxylic acids is 1. The van der Waals surface area contributed by atoms with Crippen LogP contribution in [0.4, 0.5) is 4.79 Å². The van der Waals surface area contributed by atoms with Crippen LogP contribution in [0.15, 0.2) is 10.8 Å². The monoisotopic (exact) mass is 298 g/mol. The molecule has 0 aromatic carbocycles. The van der Waals surface area contributed by atoms with Gasteiger partial charge in [0.25, 0.3) is 0 Å². The van der Waals surface area contributed by atoms with Crippen molar-refractivity contribution in [2.24, 2.45) is 0 Å². The van der Waals surface area contributed by atoms with Gasteiger partial charge in [0.2, 0.25) is 0 Å². The van der Waals surface area contributed by atoms with Crippen LogP contribution in [-0.2, 0) is 16.1 Å². The Morgan fingerprint density at radius 2 is 2.35 bits per heavy atom. The summed E-state index contributed by atoms with van der Waals surface area (Å²) in [6, 6.07) is -0.172. The molecule has 2 heterocycles. The van der Waals surface area contributed by atoms with Gasteiger partial charge < -0.3 is 20.1 Å². The Kier molecular flexibility index (Phi) is 4.97. The van der Waals surface area contributed by atoms with Crippen molar-refractivity contribution in [2.75, 3.05) is 19.7 Å². The van der Waals surface area contributed by atoms with E-state index in [0.29, 0.717) is 26.2 Å². The Morgan fingerprint density at radius 3 is 3.00 bits per heavy atom. The average Bonchev–Trinajstić information content (AvgIpc) is 2.81. The number of morpholine rings is 1. The van der Waals surface area contributed by atoms with Crippen molar-refractivity contribution in [1.82, 2.24) is 10.2 Å². The minimum atomic E-state index is -0.911. The molecule has 20 heavy (non-hydrogen) atoms. The molecule has 1 aromatic heterocycles. The zero-order valence-electron chi connectivity index (χ0n) is 11.3. The highest BCUT2D eigenvalue weighted by molar-refractivity contribution is 7.08. The van der Waals surface area contributed by atoms with Gasteiger partial charge in [-0.25, -0.2) is 4.79 Å². The maximum absolute atomic E-state index is 12.1. The number of aryl methyl sites for hydroxylation is 1. The van der Waals surface area contributed by atoms with Crippen molar-refractivity contribution in [3.63, 3.8) is 0 Å². The molecule has 7 heteroatoms. The van der Waals surface area contributed by atoms with Crippen molar-refractivity contribution in [3.05, 3.63) is 21.9 Å². The molecule has 1 aliphatic rings. The number of nitrogens with one attached hydrogen (secondary N) is 1. The second kappa shape index (κ2) is 6.71. The molecule has 0 aliphatic carbocycles. The van der Waals surface area contributed by atoms with Gasteiger partial charge >= 0.3 is 12.0 Å². The summed E-state index contributed by atoms with van der Waals surface area (Å²) in [6.07, 6.45) is -0.497. The first-order chi connectivity index (χ1) is 9.56. The maximum atomic E-state index is 12.1. The summed E-state index contributed by atoms with van der Waals surface area (Å²) < 4.78 is 5.34. The second-order valence-corrected chi connectivity index (χ2v) is 5.52. The lowest BCUT2D eigenvalue weighted by molar-refractivity contribution is -0.141. The highest BCUT2D eigenvalue weighted by Crippen LogP contribution is 2.14. The number of carbonyl (C=O) groups is 2.